The Hall–Kier alpha value is -1.62. The van der Waals surface area contributed by atoms with Crippen LogP contribution in [0.2, 0.25) is 0 Å². The zero-order chi connectivity index (χ0) is 12.3. The van der Waals surface area contributed by atoms with E-state index < -0.39 is 5.41 Å². The summed E-state index contributed by atoms with van der Waals surface area (Å²) < 4.78 is 10.8. The number of hydrogen-bond donors (Lipinski definition) is 0. The molecule has 0 heterocycles. The van der Waals surface area contributed by atoms with Crippen LogP contribution in [0, 0.1) is 19.3 Å². The molecule has 0 N–H and O–H groups in total. The fraction of sp³-hybridized carbons (Fsp3) is 0.429. The van der Waals surface area contributed by atoms with E-state index in [0.29, 0.717) is 0 Å². The van der Waals surface area contributed by atoms with Gasteiger partial charge in [0.15, 0.2) is 0 Å². The second-order valence-electron chi connectivity index (χ2n) is 4.31. The highest BCUT2D eigenvalue weighted by atomic mass is 16.5. The summed E-state index contributed by atoms with van der Waals surface area (Å²) in [6, 6.07) is 3.94. The number of ether oxygens (including phenoxy) is 2. The van der Waals surface area contributed by atoms with Crippen LogP contribution in [0.5, 0.6) is 11.5 Å². The summed E-state index contributed by atoms with van der Waals surface area (Å²) in [6.07, 6.45) is 5.56. The van der Waals surface area contributed by atoms with Crippen molar-refractivity contribution in [3.05, 3.63) is 23.3 Å². The largest absolute Gasteiger partial charge is 0.496 e. The average molecular weight is 218 g/mol. The van der Waals surface area contributed by atoms with Crippen molar-refractivity contribution in [1.29, 1.82) is 0 Å². The standard InChI is InChI=1S/C14H18O2/c1-7-14(3,4)13-11(15-5)8-10(2)9-12(13)16-6/h1,8-9H,2-6H3. The summed E-state index contributed by atoms with van der Waals surface area (Å²) in [6.45, 7) is 5.95. The topological polar surface area (TPSA) is 18.5 Å². The molecule has 0 aromatic heterocycles. The highest BCUT2D eigenvalue weighted by molar-refractivity contribution is 5.54. The summed E-state index contributed by atoms with van der Waals surface area (Å²) in [7, 11) is 3.29. The van der Waals surface area contributed by atoms with Gasteiger partial charge in [-0.2, -0.15) is 0 Å². The summed E-state index contributed by atoms with van der Waals surface area (Å²) in [5.41, 5.74) is 1.60. The van der Waals surface area contributed by atoms with Crippen molar-refractivity contribution in [1.82, 2.24) is 0 Å². The minimum absolute atomic E-state index is 0.412. The van der Waals surface area contributed by atoms with Gasteiger partial charge in [-0.15, -0.1) is 6.42 Å². The first kappa shape index (κ1) is 12.4. The molecule has 0 fully saturated rings. The molecule has 0 aliphatic carbocycles. The number of rotatable bonds is 3. The van der Waals surface area contributed by atoms with Gasteiger partial charge in [-0.25, -0.2) is 0 Å². The van der Waals surface area contributed by atoms with Gasteiger partial charge in [0.1, 0.15) is 11.5 Å². The van der Waals surface area contributed by atoms with Gasteiger partial charge in [0.05, 0.1) is 25.2 Å². The van der Waals surface area contributed by atoms with Crippen LogP contribution in [0.3, 0.4) is 0 Å². The third-order valence-electron chi connectivity index (χ3n) is 2.64. The Morgan fingerprint density at radius 2 is 1.56 bits per heavy atom. The SMILES string of the molecule is C#CC(C)(C)c1c(OC)cc(C)cc1OC. The molecule has 16 heavy (non-hydrogen) atoms. The first-order valence-corrected chi connectivity index (χ1v) is 5.17. The van der Waals surface area contributed by atoms with Gasteiger partial charge >= 0.3 is 0 Å². The van der Waals surface area contributed by atoms with Crippen LogP contribution in [0.1, 0.15) is 25.0 Å². The summed E-state index contributed by atoms with van der Waals surface area (Å²) in [5, 5.41) is 0. The Bertz CT molecular complexity index is 400. The van der Waals surface area contributed by atoms with Crippen LogP contribution in [-0.2, 0) is 5.41 Å². The molecule has 0 saturated carbocycles. The average Bonchev–Trinajstić information content (AvgIpc) is 2.27. The first-order valence-electron chi connectivity index (χ1n) is 5.17. The summed E-state index contributed by atoms with van der Waals surface area (Å²) in [4.78, 5) is 0. The molecule has 0 aliphatic heterocycles. The van der Waals surface area contributed by atoms with E-state index in [1.807, 2.05) is 32.9 Å². The zero-order valence-corrected chi connectivity index (χ0v) is 10.5. The van der Waals surface area contributed by atoms with E-state index in [4.69, 9.17) is 15.9 Å². The molecule has 2 nitrogen and oxygen atoms in total. The molecule has 1 rings (SSSR count). The predicted molar refractivity (Wildman–Crippen MR) is 66.1 cm³/mol. The normalized spacial score (nSPS) is 10.8. The van der Waals surface area contributed by atoms with E-state index in [2.05, 4.69) is 5.92 Å². The van der Waals surface area contributed by atoms with E-state index in [0.717, 1.165) is 22.6 Å². The summed E-state index contributed by atoms with van der Waals surface area (Å²) in [5.74, 6) is 4.32. The maximum Gasteiger partial charge on any atom is 0.127 e. The number of terminal acetylenes is 1. The van der Waals surface area contributed by atoms with Gasteiger partial charge in [0.2, 0.25) is 0 Å². The predicted octanol–water partition coefficient (Wildman–Crippen LogP) is 2.92. The van der Waals surface area contributed by atoms with Gasteiger partial charge in [-0.05, 0) is 38.5 Å². The first-order chi connectivity index (χ1) is 7.46. The number of aryl methyl sites for hydroxylation is 1. The van der Waals surface area contributed by atoms with Crippen molar-refractivity contribution in [2.24, 2.45) is 0 Å². The van der Waals surface area contributed by atoms with Gasteiger partial charge < -0.3 is 9.47 Å². The smallest absolute Gasteiger partial charge is 0.127 e. The van der Waals surface area contributed by atoms with E-state index in [1.165, 1.54) is 0 Å². The highest BCUT2D eigenvalue weighted by Crippen LogP contribution is 2.39. The van der Waals surface area contributed by atoms with E-state index in [1.54, 1.807) is 14.2 Å². The van der Waals surface area contributed by atoms with Crippen LogP contribution in [0.4, 0.5) is 0 Å². The van der Waals surface area contributed by atoms with Crippen LogP contribution < -0.4 is 9.47 Å². The van der Waals surface area contributed by atoms with Crippen molar-refractivity contribution in [2.75, 3.05) is 14.2 Å². The molecule has 0 bridgehead atoms. The molecule has 0 unspecified atom stereocenters. The molecule has 1 aromatic rings. The molecule has 0 spiro atoms. The Morgan fingerprint density at radius 1 is 1.12 bits per heavy atom. The van der Waals surface area contributed by atoms with Gasteiger partial charge in [0, 0.05) is 0 Å². The molecular weight excluding hydrogens is 200 g/mol. The van der Waals surface area contributed by atoms with E-state index >= 15 is 0 Å². The molecule has 0 radical (unpaired) electrons. The van der Waals surface area contributed by atoms with Crippen LogP contribution >= 0.6 is 0 Å². The van der Waals surface area contributed by atoms with Crippen molar-refractivity contribution < 1.29 is 9.47 Å². The molecule has 0 saturated heterocycles. The zero-order valence-electron chi connectivity index (χ0n) is 10.5. The lowest BCUT2D eigenvalue weighted by atomic mass is 9.83. The molecule has 86 valence electrons. The third kappa shape index (κ3) is 2.14. The number of hydrogen-bond acceptors (Lipinski definition) is 2. The molecule has 0 amide bonds. The Balaban J connectivity index is 3.52. The van der Waals surface area contributed by atoms with Crippen molar-refractivity contribution in [3.8, 4) is 23.8 Å². The second-order valence-corrected chi connectivity index (χ2v) is 4.31. The van der Waals surface area contributed by atoms with Crippen LogP contribution in [-0.4, -0.2) is 14.2 Å². The minimum atomic E-state index is -0.412. The fourth-order valence-corrected chi connectivity index (χ4v) is 1.73. The van der Waals surface area contributed by atoms with Crippen molar-refractivity contribution in [3.63, 3.8) is 0 Å². The van der Waals surface area contributed by atoms with Gasteiger partial charge in [0.25, 0.3) is 0 Å². The van der Waals surface area contributed by atoms with Crippen LogP contribution in [0.15, 0.2) is 12.1 Å². The lowest BCUT2D eigenvalue weighted by Crippen LogP contribution is -2.17. The maximum atomic E-state index is 5.56. The Labute approximate surface area is 97.6 Å². The molecule has 0 atom stereocenters. The Morgan fingerprint density at radius 3 is 1.88 bits per heavy atom. The fourth-order valence-electron chi connectivity index (χ4n) is 1.73. The molecule has 0 aliphatic rings. The monoisotopic (exact) mass is 218 g/mol. The van der Waals surface area contributed by atoms with Crippen molar-refractivity contribution >= 4 is 0 Å². The Kier molecular flexibility index (Phi) is 3.49. The lowest BCUT2D eigenvalue weighted by molar-refractivity contribution is 0.374. The second kappa shape index (κ2) is 4.49. The number of benzene rings is 1. The van der Waals surface area contributed by atoms with Gasteiger partial charge in [-0.1, -0.05) is 5.92 Å². The van der Waals surface area contributed by atoms with Crippen LogP contribution in [0.25, 0.3) is 0 Å². The van der Waals surface area contributed by atoms with Crippen molar-refractivity contribution in [2.45, 2.75) is 26.2 Å². The molecule has 1 aromatic carbocycles. The van der Waals surface area contributed by atoms with E-state index in [-0.39, 0.29) is 0 Å². The minimum Gasteiger partial charge on any atom is -0.496 e. The maximum absolute atomic E-state index is 5.56. The quantitative estimate of drug-likeness (QED) is 0.726. The third-order valence-corrected chi connectivity index (χ3v) is 2.64. The molecular formula is C14H18O2. The van der Waals surface area contributed by atoms with Gasteiger partial charge in [-0.3, -0.25) is 0 Å². The lowest BCUT2D eigenvalue weighted by Gasteiger charge is -2.24. The summed E-state index contributed by atoms with van der Waals surface area (Å²) >= 11 is 0. The highest BCUT2D eigenvalue weighted by Gasteiger charge is 2.26. The molecule has 2 heteroatoms. The number of methoxy groups -OCH3 is 2. The van der Waals surface area contributed by atoms with E-state index in [9.17, 15) is 0 Å².